The smallest absolute Gasteiger partial charge is 0.244 e. The summed E-state index contributed by atoms with van der Waals surface area (Å²) in [5.41, 5.74) is 0.929. The highest BCUT2D eigenvalue weighted by molar-refractivity contribution is 5.57. The summed E-state index contributed by atoms with van der Waals surface area (Å²) < 4.78 is 5.63. The van der Waals surface area contributed by atoms with Gasteiger partial charge in [0, 0.05) is 12.2 Å². The minimum Gasteiger partial charge on any atom is -0.491 e. The highest BCUT2D eigenvalue weighted by Crippen LogP contribution is 2.19. The Morgan fingerprint density at radius 2 is 1.91 bits per heavy atom. The minimum atomic E-state index is 0.168. The maximum Gasteiger partial charge on any atom is 0.244 e. The lowest BCUT2D eigenvalue weighted by Gasteiger charge is -2.11. The van der Waals surface area contributed by atoms with Gasteiger partial charge in [-0.2, -0.15) is 10.1 Å². The van der Waals surface area contributed by atoms with E-state index in [2.05, 4.69) is 32.7 Å². The van der Waals surface area contributed by atoms with Crippen LogP contribution in [0.2, 0.25) is 0 Å². The molecule has 6 nitrogen and oxygen atoms in total. The summed E-state index contributed by atoms with van der Waals surface area (Å²) in [6, 6.07) is 7.77. The maximum absolute atomic E-state index is 5.63. The van der Waals surface area contributed by atoms with Gasteiger partial charge in [0.15, 0.2) is 5.82 Å². The molecule has 0 fully saturated rings. The summed E-state index contributed by atoms with van der Waals surface area (Å²) in [4.78, 5) is 4.41. The summed E-state index contributed by atoms with van der Waals surface area (Å²) in [5.74, 6) is 2.06. The van der Waals surface area contributed by atoms with Crippen molar-refractivity contribution < 1.29 is 4.74 Å². The number of rotatable bonds is 9. The van der Waals surface area contributed by atoms with Crippen molar-refractivity contribution in [2.75, 3.05) is 17.2 Å². The summed E-state index contributed by atoms with van der Waals surface area (Å²) in [6.07, 6.45) is 5.27. The number of unbranched alkanes of at least 4 members (excludes halogenated alkanes) is 2. The molecule has 0 aliphatic heterocycles. The fourth-order valence-electron chi connectivity index (χ4n) is 2.05. The van der Waals surface area contributed by atoms with E-state index in [9.17, 15) is 0 Å². The van der Waals surface area contributed by atoms with Gasteiger partial charge in [-0.05, 0) is 44.5 Å². The molecule has 0 aliphatic rings. The topological polar surface area (TPSA) is 72.0 Å². The van der Waals surface area contributed by atoms with Crippen LogP contribution in [0.3, 0.4) is 0 Å². The molecule has 2 N–H and O–H groups in total. The first-order valence-electron chi connectivity index (χ1n) is 8.14. The standard InChI is InChI=1S/C17H25N5O/c1-4-5-6-11-18-17-21-16(12-19-22-17)20-14-7-9-15(10-8-14)23-13(2)3/h7-10,12-13H,4-6,11H2,1-3H3,(H2,18,20,21,22). The first-order chi connectivity index (χ1) is 11.2. The molecule has 1 aromatic carbocycles. The molecule has 0 amide bonds. The van der Waals surface area contributed by atoms with Crippen LogP contribution in [0.25, 0.3) is 0 Å². The second-order valence-electron chi connectivity index (χ2n) is 5.62. The first kappa shape index (κ1) is 17.0. The summed E-state index contributed by atoms with van der Waals surface area (Å²) in [7, 11) is 0. The van der Waals surface area contributed by atoms with Crippen molar-refractivity contribution in [3.8, 4) is 5.75 Å². The molecule has 0 saturated heterocycles. The van der Waals surface area contributed by atoms with Gasteiger partial charge in [-0.15, -0.1) is 5.10 Å². The van der Waals surface area contributed by atoms with Crippen molar-refractivity contribution in [3.05, 3.63) is 30.5 Å². The van der Waals surface area contributed by atoms with Crippen molar-refractivity contribution in [1.82, 2.24) is 15.2 Å². The highest BCUT2D eigenvalue weighted by atomic mass is 16.5. The van der Waals surface area contributed by atoms with Gasteiger partial charge in [0.1, 0.15) is 5.75 Å². The van der Waals surface area contributed by atoms with E-state index in [1.165, 1.54) is 12.8 Å². The van der Waals surface area contributed by atoms with Crippen LogP contribution >= 0.6 is 0 Å². The van der Waals surface area contributed by atoms with E-state index in [1.54, 1.807) is 6.20 Å². The molecule has 0 bridgehead atoms. The fraction of sp³-hybridized carbons (Fsp3) is 0.471. The van der Waals surface area contributed by atoms with E-state index in [-0.39, 0.29) is 6.10 Å². The zero-order chi connectivity index (χ0) is 16.5. The third-order valence-corrected chi connectivity index (χ3v) is 3.12. The van der Waals surface area contributed by atoms with Crippen LogP contribution in [-0.4, -0.2) is 27.8 Å². The normalized spacial score (nSPS) is 10.6. The molecule has 1 heterocycles. The number of hydrogen-bond donors (Lipinski definition) is 2. The van der Waals surface area contributed by atoms with Gasteiger partial charge in [-0.3, -0.25) is 0 Å². The highest BCUT2D eigenvalue weighted by Gasteiger charge is 2.02. The second kappa shape index (κ2) is 8.92. The van der Waals surface area contributed by atoms with Crippen molar-refractivity contribution in [2.24, 2.45) is 0 Å². The summed E-state index contributed by atoms with van der Waals surface area (Å²) in [5, 5.41) is 14.4. The van der Waals surface area contributed by atoms with Crippen molar-refractivity contribution >= 4 is 17.5 Å². The molecular formula is C17H25N5O. The molecule has 1 aromatic heterocycles. The zero-order valence-electron chi connectivity index (χ0n) is 14.0. The molecule has 2 aromatic rings. The summed E-state index contributed by atoms with van der Waals surface area (Å²) in [6.45, 7) is 7.06. The van der Waals surface area contributed by atoms with Crippen LogP contribution in [0.15, 0.2) is 30.5 Å². The van der Waals surface area contributed by atoms with Crippen LogP contribution in [0.1, 0.15) is 40.0 Å². The summed E-state index contributed by atoms with van der Waals surface area (Å²) >= 11 is 0. The molecular weight excluding hydrogens is 290 g/mol. The van der Waals surface area contributed by atoms with Crippen LogP contribution < -0.4 is 15.4 Å². The lowest BCUT2D eigenvalue weighted by atomic mass is 10.2. The number of benzene rings is 1. The number of nitrogens with one attached hydrogen (secondary N) is 2. The number of nitrogens with zero attached hydrogens (tertiary/aromatic N) is 3. The maximum atomic E-state index is 5.63. The van der Waals surface area contributed by atoms with Gasteiger partial charge in [0.25, 0.3) is 0 Å². The Labute approximate surface area is 137 Å². The van der Waals surface area contributed by atoms with Gasteiger partial charge in [0.2, 0.25) is 5.95 Å². The molecule has 0 atom stereocenters. The number of hydrogen-bond acceptors (Lipinski definition) is 6. The largest absolute Gasteiger partial charge is 0.491 e. The predicted molar refractivity (Wildman–Crippen MR) is 93.3 cm³/mol. The average molecular weight is 315 g/mol. The lowest BCUT2D eigenvalue weighted by molar-refractivity contribution is 0.242. The molecule has 0 spiro atoms. The molecule has 6 heteroatoms. The van der Waals surface area contributed by atoms with Crippen LogP contribution in [0.5, 0.6) is 5.75 Å². The Kier molecular flexibility index (Phi) is 6.59. The van der Waals surface area contributed by atoms with E-state index >= 15 is 0 Å². The van der Waals surface area contributed by atoms with Gasteiger partial charge in [-0.25, -0.2) is 0 Å². The van der Waals surface area contributed by atoms with E-state index in [4.69, 9.17) is 4.74 Å². The Morgan fingerprint density at radius 1 is 1.13 bits per heavy atom. The Morgan fingerprint density at radius 3 is 2.61 bits per heavy atom. The molecule has 0 unspecified atom stereocenters. The van der Waals surface area contributed by atoms with E-state index < -0.39 is 0 Å². The van der Waals surface area contributed by atoms with Crippen LogP contribution in [-0.2, 0) is 0 Å². The zero-order valence-corrected chi connectivity index (χ0v) is 14.0. The molecule has 124 valence electrons. The van der Waals surface area contributed by atoms with E-state index in [1.807, 2.05) is 38.1 Å². The molecule has 0 radical (unpaired) electrons. The third kappa shape index (κ3) is 6.10. The average Bonchev–Trinajstić information content (AvgIpc) is 2.53. The fourth-order valence-corrected chi connectivity index (χ4v) is 2.05. The Hall–Kier alpha value is -2.37. The van der Waals surface area contributed by atoms with E-state index in [0.717, 1.165) is 24.4 Å². The van der Waals surface area contributed by atoms with E-state index in [0.29, 0.717) is 11.8 Å². The molecule has 2 rings (SSSR count). The monoisotopic (exact) mass is 315 g/mol. The first-order valence-corrected chi connectivity index (χ1v) is 8.14. The van der Waals surface area contributed by atoms with Crippen LogP contribution in [0, 0.1) is 0 Å². The number of aromatic nitrogens is 3. The van der Waals surface area contributed by atoms with Gasteiger partial charge < -0.3 is 15.4 Å². The van der Waals surface area contributed by atoms with Gasteiger partial charge in [-0.1, -0.05) is 19.8 Å². The Balaban J connectivity index is 1.91. The Bertz CT molecular complexity index is 586. The quantitative estimate of drug-likeness (QED) is 0.681. The molecule has 0 aliphatic carbocycles. The minimum absolute atomic E-state index is 0.168. The number of ether oxygens (including phenoxy) is 1. The van der Waals surface area contributed by atoms with Crippen molar-refractivity contribution in [1.29, 1.82) is 0 Å². The van der Waals surface area contributed by atoms with Crippen LogP contribution in [0.4, 0.5) is 17.5 Å². The molecule has 23 heavy (non-hydrogen) atoms. The SMILES string of the molecule is CCCCCNc1nncc(Nc2ccc(OC(C)C)cc2)n1. The van der Waals surface area contributed by atoms with Gasteiger partial charge >= 0.3 is 0 Å². The van der Waals surface area contributed by atoms with Crippen molar-refractivity contribution in [2.45, 2.75) is 46.1 Å². The predicted octanol–water partition coefficient (Wildman–Crippen LogP) is 4.00. The second-order valence-corrected chi connectivity index (χ2v) is 5.62. The van der Waals surface area contributed by atoms with Gasteiger partial charge in [0.05, 0.1) is 12.3 Å². The number of anilines is 3. The molecule has 0 saturated carbocycles. The third-order valence-electron chi connectivity index (χ3n) is 3.12. The lowest BCUT2D eigenvalue weighted by Crippen LogP contribution is -2.07. The van der Waals surface area contributed by atoms with Crippen molar-refractivity contribution in [3.63, 3.8) is 0 Å².